The first-order valence-corrected chi connectivity index (χ1v) is 9.67. The van der Waals surface area contributed by atoms with Gasteiger partial charge in [0.25, 0.3) is 11.8 Å². The van der Waals surface area contributed by atoms with E-state index < -0.39 is 12.0 Å². The summed E-state index contributed by atoms with van der Waals surface area (Å²) < 4.78 is 5.69. The van der Waals surface area contributed by atoms with Crippen LogP contribution in [0.5, 0.6) is 5.75 Å². The maximum Gasteiger partial charge on any atom is 0.265 e. The van der Waals surface area contributed by atoms with Gasteiger partial charge in [0.05, 0.1) is 11.3 Å². The lowest BCUT2D eigenvalue weighted by Gasteiger charge is -2.29. The van der Waals surface area contributed by atoms with Gasteiger partial charge in [0.2, 0.25) is 0 Å². The van der Waals surface area contributed by atoms with Gasteiger partial charge in [-0.05, 0) is 63.4 Å². The van der Waals surface area contributed by atoms with Gasteiger partial charge in [-0.25, -0.2) is 0 Å². The second-order valence-corrected chi connectivity index (χ2v) is 7.20. The molecule has 0 aliphatic carbocycles. The Morgan fingerprint density at radius 3 is 2.39 bits per heavy atom. The zero-order valence-corrected chi connectivity index (χ0v) is 16.4. The van der Waals surface area contributed by atoms with Gasteiger partial charge in [-0.3, -0.25) is 9.59 Å². The average molecular weight is 381 g/mol. The summed E-state index contributed by atoms with van der Waals surface area (Å²) in [6, 6.07) is 12.9. The zero-order valence-electron chi connectivity index (χ0n) is 16.4. The molecule has 6 heteroatoms. The minimum Gasteiger partial charge on any atom is -0.481 e. The molecule has 1 fully saturated rings. The van der Waals surface area contributed by atoms with Gasteiger partial charge in [0, 0.05) is 18.8 Å². The quantitative estimate of drug-likeness (QED) is 0.802. The number of hydrogen-bond donors (Lipinski definition) is 2. The van der Waals surface area contributed by atoms with E-state index >= 15 is 0 Å². The number of nitrogens with two attached hydrogens (primary N) is 1. The predicted octanol–water partition coefficient (Wildman–Crippen LogP) is 3.49. The van der Waals surface area contributed by atoms with Gasteiger partial charge in [-0.2, -0.15) is 0 Å². The Morgan fingerprint density at radius 2 is 1.75 bits per heavy atom. The summed E-state index contributed by atoms with van der Waals surface area (Å²) in [5.74, 6) is -0.293. The van der Waals surface area contributed by atoms with Gasteiger partial charge < -0.3 is 20.7 Å². The van der Waals surface area contributed by atoms with Crippen LogP contribution in [0.25, 0.3) is 0 Å². The van der Waals surface area contributed by atoms with Crippen molar-refractivity contribution in [2.24, 2.45) is 5.73 Å². The molecular formula is C22H27N3O3. The summed E-state index contributed by atoms with van der Waals surface area (Å²) in [7, 11) is 0. The number of carbonyl (C=O) groups is 2. The Balaban J connectivity index is 1.71. The fourth-order valence-electron chi connectivity index (χ4n) is 3.30. The highest BCUT2D eigenvalue weighted by Gasteiger charge is 2.20. The number of primary amides is 1. The molecular weight excluding hydrogens is 354 g/mol. The molecule has 1 aliphatic heterocycles. The molecule has 2 aromatic carbocycles. The van der Waals surface area contributed by atoms with Crippen LogP contribution in [0.2, 0.25) is 0 Å². The molecule has 0 radical (unpaired) electrons. The maximum atomic E-state index is 12.5. The predicted molar refractivity (Wildman–Crippen MR) is 111 cm³/mol. The largest absolute Gasteiger partial charge is 0.481 e. The van der Waals surface area contributed by atoms with Crippen molar-refractivity contribution in [2.45, 2.75) is 39.2 Å². The number of nitrogens with zero attached hydrogens (tertiary/aromatic N) is 1. The first-order valence-electron chi connectivity index (χ1n) is 9.67. The minimum absolute atomic E-state index is 0.305. The highest BCUT2D eigenvalue weighted by molar-refractivity contribution is 6.04. The fourth-order valence-corrected chi connectivity index (χ4v) is 3.30. The number of ether oxygens (including phenoxy) is 1. The van der Waals surface area contributed by atoms with E-state index in [2.05, 4.69) is 10.2 Å². The molecule has 0 aromatic heterocycles. The summed E-state index contributed by atoms with van der Waals surface area (Å²) in [4.78, 5) is 26.7. The Hall–Kier alpha value is -3.02. The number of amides is 2. The van der Waals surface area contributed by atoms with E-state index in [0.717, 1.165) is 37.2 Å². The molecule has 1 atom stereocenters. The van der Waals surface area contributed by atoms with Crippen LogP contribution in [0, 0.1) is 6.92 Å². The van der Waals surface area contributed by atoms with Gasteiger partial charge in [-0.1, -0.05) is 17.7 Å². The lowest BCUT2D eigenvalue weighted by atomic mass is 10.1. The Kier molecular flexibility index (Phi) is 6.19. The average Bonchev–Trinajstić information content (AvgIpc) is 2.70. The van der Waals surface area contributed by atoms with Crippen LogP contribution >= 0.6 is 0 Å². The van der Waals surface area contributed by atoms with Crippen LogP contribution in [0.1, 0.15) is 42.1 Å². The third kappa shape index (κ3) is 4.82. The molecule has 0 spiro atoms. The topological polar surface area (TPSA) is 84.7 Å². The Morgan fingerprint density at radius 1 is 1.07 bits per heavy atom. The summed E-state index contributed by atoms with van der Waals surface area (Å²) in [5.41, 5.74) is 8.34. The summed E-state index contributed by atoms with van der Waals surface area (Å²) in [6.45, 7) is 5.58. The van der Waals surface area contributed by atoms with Gasteiger partial charge in [0.15, 0.2) is 6.10 Å². The van der Waals surface area contributed by atoms with Crippen molar-refractivity contribution in [3.63, 3.8) is 0 Å². The lowest BCUT2D eigenvalue weighted by molar-refractivity contribution is -0.122. The number of rotatable bonds is 6. The van der Waals surface area contributed by atoms with Gasteiger partial charge >= 0.3 is 0 Å². The highest BCUT2D eigenvalue weighted by Crippen LogP contribution is 2.26. The zero-order chi connectivity index (χ0) is 20.1. The second kappa shape index (κ2) is 8.78. The van der Waals surface area contributed by atoms with E-state index in [4.69, 9.17) is 10.5 Å². The molecule has 28 heavy (non-hydrogen) atoms. The van der Waals surface area contributed by atoms with Crippen molar-refractivity contribution in [3.8, 4) is 5.75 Å². The van der Waals surface area contributed by atoms with Crippen LogP contribution in [0.4, 0.5) is 11.4 Å². The molecule has 2 amide bonds. The van der Waals surface area contributed by atoms with Crippen molar-refractivity contribution in [2.75, 3.05) is 23.3 Å². The molecule has 0 unspecified atom stereocenters. The van der Waals surface area contributed by atoms with Crippen LogP contribution in [0.3, 0.4) is 0 Å². The summed E-state index contributed by atoms with van der Waals surface area (Å²) in [5, 5.41) is 2.77. The van der Waals surface area contributed by atoms with Crippen molar-refractivity contribution in [1.29, 1.82) is 0 Å². The van der Waals surface area contributed by atoms with Crippen LogP contribution in [0.15, 0.2) is 42.5 Å². The molecule has 1 saturated heterocycles. The Bertz CT molecular complexity index is 843. The first kappa shape index (κ1) is 19.7. The number of anilines is 2. The number of carbonyl (C=O) groups excluding carboxylic acids is 2. The SMILES string of the molecule is Cc1ccc(O[C@@H](C)C(=O)Nc2ccc(N3CCCCC3)cc2C(N)=O)cc1. The van der Waals surface area contributed by atoms with Crippen LogP contribution in [-0.4, -0.2) is 31.0 Å². The molecule has 3 rings (SSSR count). The van der Waals surface area contributed by atoms with Crippen molar-refractivity contribution < 1.29 is 14.3 Å². The molecule has 1 heterocycles. The van der Waals surface area contributed by atoms with E-state index in [1.54, 1.807) is 19.1 Å². The smallest absolute Gasteiger partial charge is 0.265 e. The molecule has 0 saturated carbocycles. The molecule has 1 aliphatic rings. The fraction of sp³-hybridized carbons (Fsp3) is 0.364. The molecule has 6 nitrogen and oxygen atoms in total. The maximum absolute atomic E-state index is 12.5. The van der Waals surface area contributed by atoms with Crippen molar-refractivity contribution >= 4 is 23.2 Å². The van der Waals surface area contributed by atoms with Crippen LogP contribution < -0.4 is 20.7 Å². The van der Waals surface area contributed by atoms with Gasteiger partial charge in [-0.15, -0.1) is 0 Å². The van der Waals surface area contributed by atoms with E-state index in [1.165, 1.54) is 6.42 Å². The second-order valence-electron chi connectivity index (χ2n) is 7.20. The van der Waals surface area contributed by atoms with Crippen molar-refractivity contribution in [3.05, 3.63) is 53.6 Å². The van der Waals surface area contributed by atoms with Crippen molar-refractivity contribution in [1.82, 2.24) is 0 Å². The highest BCUT2D eigenvalue weighted by atomic mass is 16.5. The molecule has 2 aromatic rings. The summed E-state index contributed by atoms with van der Waals surface area (Å²) >= 11 is 0. The van der Waals surface area contributed by atoms with Gasteiger partial charge in [0.1, 0.15) is 5.75 Å². The standard InChI is InChI=1S/C22H27N3O3/c1-15-6-9-18(10-7-15)28-16(2)22(27)24-20-11-8-17(14-19(20)21(23)26)25-12-4-3-5-13-25/h6-11,14,16H,3-5,12-13H2,1-2H3,(H2,23,26)(H,24,27)/t16-/m0/s1. The minimum atomic E-state index is -0.717. The number of aryl methyl sites for hydroxylation is 1. The number of nitrogens with one attached hydrogen (secondary N) is 1. The third-order valence-corrected chi connectivity index (χ3v) is 4.95. The first-order chi connectivity index (χ1) is 13.4. The number of hydrogen-bond acceptors (Lipinski definition) is 4. The monoisotopic (exact) mass is 381 g/mol. The van der Waals surface area contributed by atoms with E-state index in [0.29, 0.717) is 17.0 Å². The number of piperidine rings is 1. The number of benzene rings is 2. The van der Waals surface area contributed by atoms with E-state index in [-0.39, 0.29) is 5.91 Å². The molecule has 0 bridgehead atoms. The van der Waals surface area contributed by atoms with E-state index in [9.17, 15) is 9.59 Å². The normalized spacial score (nSPS) is 15.0. The third-order valence-electron chi connectivity index (χ3n) is 4.95. The van der Waals surface area contributed by atoms with E-state index in [1.807, 2.05) is 37.3 Å². The summed E-state index contributed by atoms with van der Waals surface area (Å²) in [6.07, 6.45) is 2.79. The lowest BCUT2D eigenvalue weighted by Crippen LogP contribution is -2.32. The Labute approximate surface area is 165 Å². The van der Waals surface area contributed by atoms with Crippen LogP contribution in [-0.2, 0) is 4.79 Å². The molecule has 3 N–H and O–H groups in total. The molecule has 148 valence electrons.